The van der Waals surface area contributed by atoms with Crippen molar-refractivity contribution in [1.82, 2.24) is 10.2 Å². The van der Waals surface area contributed by atoms with Crippen LogP contribution in [0.3, 0.4) is 0 Å². The number of aromatic nitrogens is 2. The third-order valence-corrected chi connectivity index (χ3v) is 1.49. The predicted molar refractivity (Wildman–Crippen MR) is 46.1 cm³/mol. The molecule has 1 aromatic heterocycles. The summed E-state index contributed by atoms with van der Waals surface area (Å²) in [6.45, 7) is 1.66. The second kappa shape index (κ2) is 4.20. The summed E-state index contributed by atoms with van der Waals surface area (Å²) in [4.78, 5) is 11.0. The second-order valence-corrected chi connectivity index (χ2v) is 2.91. The molecule has 0 aliphatic carbocycles. The Morgan fingerprint density at radius 3 is 2.92 bits per heavy atom. The van der Waals surface area contributed by atoms with Crippen molar-refractivity contribution < 1.29 is 9.21 Å². The molecule has 0 spiro atoms. The van der Waals surface area contributed by atoms with E-state index in [0.29, 0.717) is 17.6 Å². The Morgan fingerprint density at radius 1 is 1.67 bits per heavy atom. The maximum absolute atomic E-state index is 11.0. The number of aryl methyl sites for hydroxylation is 1. The molecule has 0 atom stereocenters. The summed E-state index contributed by atoms with van der Waals surface area (Å²) < 4.78 is 4.93. The van der Waals surface area contributed by atoms with E-state index in [0.717, 1.165) is 0 Å². The smallest absolute Gasteiger partial charge is 0.322 e. The van der Waals surface area contributed by atoms with Crippen molar-refractivity contribution in [3.05, 3.63) is 5.89 Å². The number of rotatable bonds is 3. The van der Waals surface area contributed by atoms with E-state index in [1.165, 1.54) is 0 Å². The van der Waals surface area contributed by atoms with Gasteiger partial charge in [-0.3, -0.25) is 10.1 Å². The molecule has 0 aromatic carbocycles. The summed E-state index contributed by atoms with van der Waals surface area (Å²) in [5.41, 5.74) is 0. The van der Waals surface area contributed by atoms with Crippen LogP contribution in [0.15, 0.2) is 4.42 Å². The summed E-state index contributed by atoms with van der Waals surface area (Å²) in [7, 11) is 0. The zero-order valence-corrected chi connectivity index (χ0v) is 8.09. The van der Waals surface area contributed by atoms with Gasteiger partial charge in [-0.1, -0.05) is 21.0 Å². The average molecular weight is 234 g/mol. The van der Waals surface area contributed by atoms with E-state index in [-0.39, 0.29) is 11.9 Å². The fraction of sp³-hybridized carbons (Fsp3) is 0.500. The molecule has 0 radical (unpaired) electrons. The molecule has 0 fully saturated rings. The topological polar surface area (TPSA) is 68.0 Å². The zero-order valence-electron chi connectivity index (χ0n) is 6.50. The van der Waals surface area contributed by atoms with Crippen molar-refractivity contribution in [2.24, 2.45) is 0 Å². The summed E-state index contributed by atoms with van der Waals surface area (Å²) in [5, 5.41) is 10.2. The molecular formula is C6H8BrN3O2. The van der Waals surface area contributed by atoms with Gasteiger partial charge >= 0.3 is 6.01 Å². The first-order chi connectivity index (χ1) is 5.72. The highest BCUT2D eigenvalue weighted by Crippen LogP contribution is 2.04. The van der Waals surface area contributed by atoms with Gasteiger partial charge in [-0.25, -0.2) is 0 Å². The molecule has 1 heterocycles. The van der Waals surface area contributed by atoms with Crippen molar-refractivity contribution in [2.75, 3.05) is 10.6 Å². The van der Waals surface area contributed by atoms with Gasteiger partial charge in [0.05, 0.1) is 0 Å². The Labute approximate surface area is 77.7 Å². The number of anilines is 1. The van der Waals surface area contributed by atoms with E-state index in [9.17, 15) is 4.79 Å². The number of amides is 1. The molecule has 0 saturated heterocycles. The predicted octanol–water partition coefficient (Wildman–Crippen LogP) is 1.10. The summed E-state index contributed by atoms with van der Waals surface area (Å²) >= 11 is 3.14. The molecule has 1 rings (SSSR count). The van der Waals surface area contributed by atoms with Crippen molar-refractivity contribution >= 4 is 27.9 Å². The van der Waals surface area contributed by atoms with Gasteiger partial charge in [0.1, 0.15) is 0 Å². The highest BCUT2D eigenvalue weighted by Gasteiger charge is 2.05. The summed E-state index contributed by atoms with van der Waals surface area (Å²) in [6, 6.07) is 0.151. The summed E-state index contributed by atoms with van der Waals surface area (Å²) in [6.07, 6.45) is 0.390. The first kappa shape index (κ1) is 9.18. The maximum atomic E-state index is 11.0. The molecule has 0 bridgehead atoms. The molecule has 1 N–H and O–H groups in total. The largest absolute Gasteiger partial charge is 0.408 e. The molecule has 5 nitrogen and oxygen atoms in total. The molecular weight excluding hydrogens is 226 g/mol. The monoisotopic (exact) mass is 233 g/mol. The van der Waals surface area contributed by atoms with Crippen LogP contribution in [-0.2, 0) is 4.79 Å². The van der Waals surface area contributed by atoms with Crippen molar-refractivity contribution in [3.8, 4) is 0 Å². The number of hydrogen-bond donors (Lipinski definition) is 1. The minimum Gasteiger partial charge on any atom is -0.408 e. The molecule has 0 saturated carbocycles. The Kier molecular flexibility index (Phi) is 3.21. The molecule has 1 aromatic rings. The third kappa shape index (κ3) is 2.61. The number of carbonyl (C=O) groups is 1. The number of nitrogens with one attached hydrogen (secondary N) is 1. The number of carbonyl (C=O) groups excluding carboxylic acids is 1. The van der Waals surface area contributed by atoms with E-state index >= 15 is 0 Å². The molecule has 0 aliphatic rings. The Hall–Kier alpha value is -0.910. The van der Waals surface area contributed by atoms with Crippen LogP contribution in [0.5, 0.6) is 0 Å². The van der Waals surface area contributed by atoms with Gasteiger partial charge in [0.2, 0.25) is 11.8 Å². The first-order valence-electron chi connectivity index (χ1n) is 3.38. The fourth-order valence-corrected chi connectivity index (χ4v) is 0.975. The molecule has 66 valence electrons. The van der Waals surface area contributed by atoms with Crippen LogP contribution in [0.25, 0.3) is 0 Å². The molecule has 0 unspecified atom stereocenters. The van der Waals surface area contributed by atoms with Crippen LogP contribution in [0.4, 0.5) is 6.01 Å². The minimum absolute atomic E-state index is 0.143. The minimum atomic E-state index is -0.143. The number of alkyl halides is 1. The SMILES string of the molecule is Cc1nnc(NC(=O)CCBr)o1. The number of halogens is 1. The zero-order chi connectivity index (χ0) is 8.97. The van der Waals surface area contributed by atoms with Gasteiger partial charge in [-0.2, -0.15) is 0 Å². The number of hydrogen-bond acceptors (Lipinski definition) is 4. The van der Waals surface area contributed by atoms with Crippen LogP contribution in [0.2, 0.25) is 0 Å². The van der Waals surface area contributed by atoms with E-state index in [1.54, 1.807) is 6.92 Å². The molecule has 12 heavy (non-hydrogen) atoms. The molecule has 6 heteroatoms. The van der Waals surface area contributed by atoms with Gasteiger partial charge in [0.15, 0.2) is 0 Å². The van der Waals surface area contributed by atoms with Crippen LogP contribution >= 0.6 is 15.9 Å². The van der Waals surface area contributed by atoms with Crippen LogP contribution < -0.4 is 5.32 Å². The highest BCUT2D eigenvalue weighted by atomic mass is 79.9. The lowest BCUT2D eigenvalue weighted by Gasteiger charge is -1.95. The van der Waals surface area contributed by atoms with Crippen molar-refractivity contribution in [1.29, 1.82) is 0 Å². The average Bonchev–Trinajstić information content (AvgIpc) is 2.36. The van der Waals surface area contributed by atoms with E-state index < -0.39 is 0 Å². The van der Waals surface area contributed by atoms with Crippen molar-refractivity contribution in [2.45, 2.75) is 13.3 Å². The van der Waals surface area contributed by atoms with Crippen molar-refractivity contribution in [3.63, 3.8) is 0 Å². The molecule has 1 amide bonds. The fourth-order valence-electron chi connectivity index (χ4n) is 0.615. The van der Waals surface area contributed by atoms with Gasteiger partial charge in [-0.15, -0.1) is 5.10 Å². The normalized spacial score (nSPS) is 9.83. The Balaban J connectivity index is 2.46. The lowest BCUT2D eigenvalue weighted by molar-refractivity contribution is -0.115. The lowest BCUT2D eigenvalue weighted by atomic mass is 10.5. The Bertz CT molecular complexity index is 274. The quantitative estimate of drug-likeness (QED) is 0.795. The standard InChI is InChI=1S/C6H8BrN3O2/c1-4-9-10-6(12-4)8-5(11)2-3-7/h2-3H2,1H3,(H,8,10,11). The second-order valence-electron chi connectivity index (χ2n) is 2.11. The van der Waals surface area contributed by atoms with Crippen LogP contribution in [-0.4, -0.2) is 21.4 Å². The number of nitrogens with zero attached hydrogens (tertiary/aromatic N) is 2. The van der Waals surface area contributed by atoms with Crippen LogP contribution in [0.1, 0.15) is 12.3 Å². The lowest BCUT2D eigenvalue weighted by Crippen LogP contribution is -2.11. The maximum Gasteiger partial charge on any atom is 0.322 e. The van der Waals surface area contributed by atoms with E-state index in [1.807, 2.05) is 0 Å². The van der Waals surface area contributed by atoms with Gasteiger partial charge in [0, 0.05) is 18.7 Å². The van der Waals surface area contributed by atoms with Gasteiger partial charge < -0.3 is 4.42 Å². The van der Waals surface area contributed by atoms with E-state index in [4.69, 9.17) is 4.42 Å². The van der Waals surface area contributed by atoms with Gasteiger partial charge in [0.25, 0.3) is 0 Å². The Morgan fingerprint density at radius 2 is 2.42 bits per heavy atom. The first-order valence-corrected chi connectivity index (χ1v) is 4.50. The van der Waals surface area contributed by atoms with E-state index in [2.05, 4.69) is 31.4 Å². The highest BCUT2D eigenvalue weighted by molar-refractivity contribution is 9.09. The summed E-state index contributed by atoms with van der Waals surface area (Å²) in [5.74, 6) is 0.291. The third-order valence-electron chi connectivity index (χ3n) is 1.09. The molecule has 0 aliphatic heterocycles. The van der Waals surface area contributed by atoms with Crippen LogP contribution in [0, 0.1) is 6.92 Å². The van der Waals surface area contributed by atoms with Gasteiger partial charge in [-0.05, 0) is 0 Å².